The van der Waals surface area contributed by atoms with E-state index in [1.807, 2.05) is 12.1 Å². The first-order chi connectivity index (χ1) is 7.75. The monoisotopic (exact) mass is 220 g/mol. The average Bonchev–Trinajstić information content (AvgIpc) is 2.31. The lowest BCUT2D eigenvalue weighted by molar-refractivity contribution is -0.142. The molecule has 16 heavy (non-hydrogen) atoms. The van der Waals surface area contributed by atoms with Gasteiger partial charge in [0.25, 0.3) is 0 Å². The Bertz CT molecular complexity index is 345. The van der Waals surface area contributed by atoms with Gasteiger partial charge in [-0.2, -0.15) is 0 Å². The van der Waals surface area contributed by atoms with E-state index in [0.717, 1.165) is 31.4 Å². The number of hydrogen-bond donors (Lipinski definition) is 2. The highest BCUT2D eigenvalue weighted by Crippen LogP contribution is 2.26. The van der Waals surface area contributed by atoms with Crippen LogP contribution in [0.3, 0.4) is 0 Å². The van der Waals surface area contributed by atoms with Crippen molar-refractivity contribution >= 4 is 11.7 Å². The normalized spacial score (nSPS) is 25.0. The quantitative estimate of drug-likeness (QED) is 0.819. The number of carbonyl (C=O) groups is 1. The molecular weight excluding hydrogens is 204 g/mol. The summed E-state index contributed by atoms with van der Waals surface area (Å²) in [5.74, 6) is -0.799. The van der Waals surface area contributed by atoms with E-state index in [9.17, 15) is 4.79 Å². The number of hydrogen-bond acceptors (Lipinski definition) is 3. The first kappa shape index (κ1) is 10.9. The lowest BCUT2D eigenvalue weighted by atomic mass is 9.86. The summed E-state index contributed by atoms with van der Waals surface area (Å²) in [5, 5.41) is 12.3. The zero-order chi connectivity index (χ0) is 11.4. The Morgan fingerprint density at radius 3 is 2.69 bits per heavy atom. The number of nitrogens with one attached hydrogen (secondary N) is 1. The second-order valence-electron chi connectivity index (χ2n) is 4.27. The Kier molecular flexibility index (Phi) is 3.39. The van der Waals surface area contributed by atoms with Crippen molar-refractivity contribution in [2.75, 3.05) is 5.32 Å². The molecule has 0 spiro atoms. The lowest BCUT2D eigenvalue weighted by Crippen LogP contribution is -2.29. The summed E-state index contributed by atoms with van der Waals surface area (Å²) >= 11 is 0. The molecule has 1 aliphatic rings. The first-order valence-electron chi connectivity index (χ1n) is 5.65. The van der Waals surface area contributed by atoms with Gasteiger partial charge in [0.05, 0.1) is 11.6 Å². The van der Waals surface area contributed by atoms with Crippen LogP contribution in [0.2, 0.25) is 0 Å². The zero-order valence-corrected chi connectivity index (χ0v) is 9.10. The van der Waals surface area contributed by atoms with Crippen molar-refractivity contribution in [1.82, 2.24) is 4.98 Å². The van der Waals surface area contributed by atoms with Crippen LogP contribution in [0.15, 0.2) is 24.5 Å². The van der Waals surface area contributed by atoms with Crippen molar-refractivity contribution in [2.45, 2.75) is 31.7 Å². The van der Waals surface area contributed by atoms with Gasteiger partial charge in [-0.05, 0) is 37.8 Å². The molecule has 1 aliphatic carbocycles. The smallest absolute Gasteiger partial charge is 0.306 e. The molecule has 86 valence electrons. The van der Waals surface area contributed by atoms with Gasteiger partial charge < -0.3 is 10.4 Å². The first-order valence-corrected chi connectivity index (χ1v) is 5.65. The molecule has 4 nitrogen and oxygen atoms in total. The molecule has 1 aromatic rings. The van der Waals surface area contributed by atoms with Crippen molar-refractivity contribution in [3.8, 4) is 0 Å². The molecule has 0 amide bonds. The van der Waals surface area contributed by atoms with Gasteiger partial charge in [0, 0.05) is 18.4 Å². The third-order valence-electron chi connectivity index (χ3n) is 3.11. The molecule has 2 rings (SSSR count). The molecule has 0 radical (unpaired) electrons. The zero-order valence-electron chi connectivity index (χ0n) is 9.10. The van der Waals surface area contributed by atoms with E-state index in [-0.39, 0.29) is 5.92 Å². The fourth-order valence-corrected chi connectivity index (χ4v) is 2.17. The van der Waals surface area contributed by atoms with Crippen molar-refractivity contribution in [2.24, 2.45) is 5.92 Å². The average molecular weight is 220 g/mol. The molecule has 0 saturated heterocycles. The largest absolute Gasteiger partial charge is 0.481 e. The molecule has 0 unspecified atom stereocenters. The standard InChI is InChI=1S/C12H16N2O2/c15-12(16)9-3-5-10(6-4-9)14-11-2-1-7-13-8-11/h1-2,7-10,14H,3-6H2,(H,15,16). The van der Waals surface area contributed by atoms with Crippen molar-refractivity contribution in [3.63, 3.8) is 0 Å². The van der Waals surface area contributed by atoms with E-state index in [4.69, 9.17) is 5.11 Å². The number of aliphatic carboxylic acids is 1. The second kappa shape index (κ2) is 4.96. The van der Waals surface area contributed by atoms with Crippen LogP contribution in [0.1, 0.15) is 25.7 Å². The Hall–Kier alpha value is -1.58. The molecule has 1 fully saturated rings. The molecule has 1 heterocycles. The number of carboxylic acids is 1. The predicted molar refractivity (Wildman–Crippen MR) is 61.2 cm³/mol. The second-order valence-corrected chi connectivity index (χ2v) is 4.27. The number of rotatable bonds is 3. The summed E-state index contributed by atoms with van der Waals surface area (Å²) in [7, 11) is 0. The minimum absolute atomic E-state index is 0.146. The van der Waals surface area contributed by atoms with Crippen LogP contribution in [-0.4, -0.2) is 22.1 Å². The summed E-state index contributed by atoms with van der Waals surface area (Å²) in [6.07, 6.45) is 6.92. The maximum absolute atomic E-state index is 10.8. The van der Waals surface area contributed by atoms with Gasteiger partial charge >= 0.3 is 5.97 Å². The van der Waals surface area contributed by atoms with E-state index >= 15 is 0 Å². The molecule has 0 bridgehead atoms. The topological polar surface area (TPSA) is 62.2 Å². The highest BCUT2D eigenvalue weighted by molar-refractivity contribution is 5.70. The maximum atomic E-state index is 10.8. The summed E-state index contributed by atoms with van der Waals surface area (Å²) in [5.41, 5.74) is 1.02. The van der Waals surface area contributed by atoms with Crippen LogP contribution < -0.4 is 5.32 Å². The van der Waals surface area contributed by atoms with E-state index in [0.29, 0.717) is 6.04 Å². The van der Waals surface area contributed by atoms with Crippen LogP contribution in [-0.2, 0) is 4.79 Å². The van der Waals surface area contributed by atoms with Crippen LogP contribution >= 0.6 is 0 Å². The van der Waals surface area contributed by atoms with Gasteiger partial charge in [0.2, 0.25) is 0 Å². The van der Waals surface area contributed by atoms with Gasteiger partial charge in [-0.1, -0.05) is 0 Å². The maximum Gasteiger partial charge on any atom is 0.306 e. The third-order valence-corrected chi connectivity index (χ3v) is 3.11. The van der Waals surface area contributed by atoms with Crippen LogP contribution in [0.4, 0.5) is 5.69 Å². The SMILES string of the molecule is O=C(O)C1CCC(Nc2cccnc2)CC1. The molecule has 2 N–H and O–H groups in total. The molecule has 1 saturated carbocycles. The minimum atomic E-state index is -0.653. The Morgan fingerprint density at radius 1 is 1.38 bits per heavy atom. The summed E-state index contributed by atoms with van der Waals surface area (Å²) < 4.78 is 0. The van der Waals surface area contributed by atoms with Crippen LogP contribution in [0.25, 0.3) is 0 Å². The van der Waals surface area contributed by atoms with Crippen molar-refractivity contribution in [1.29, 1.82) is 0 Å². The fourth-order valence-electron chi connectivity index (χ4n) is 2.17. The number of pyridine rings is 1. The molecule has 1 aromatic heterocycles. The lowest BCUT2D eigenvalue weighted by Gasteiger charge is -2.27. The van der Waals surface area contributed by atoms with Crippen LogP contribution in [0, 0.1) is 5.92 Å². The van der Waals surface area contributed by atoms with Gasteiger partial charge in [0.1, 0.15) is 0 Å². The van der Waals surface area contributed by atoms with Gasteiger partial charge in [-0.3, -0.25) is 9.78 Å². The Balaban J connectivity index is 1.84. The summed E-state index contributed by atoms with van der Waals surface area (Å²) in [6, 6.07) is 4.27. The summed E-state index contributed by atoms with van der Waals surface area (Å²) in [6.45, 7) is 0. The Labute approximate surface area is 94.7 Å². The van der Waals surface area contributed by atoms with Gasteiger partial charge in [-0.15, -0.1) is 0 Å². The third kappa shape index (κ3) is 2.72. The molecule has 0 aromatic carbocycles. The van der Waals surface area contributed by atoms with E-state index in [2.05, 4.69) is 10.3 Å². The number of nitrogens with zero attached hydrogens (tertiary/aromatic N) is 1. The van der Waals surface area contributed by atoms with Crippen molar-refractivity contribution in [3.05, 3.63) is 24.5 Å². The van der Waals surface area contributed by atoms with Crippen LogP contribution in [0.5, 0.6) is 0 Å². The predicted octanol–water partition coefficient (Wildman–Crippen LogP) is 2.14. The fraction of sp³-hybridized carbons (Fsp3) is 0.500. The Morgan fingerprint density at radius 2 is 2.12 bits per heavy atom. The number of carboxylic acid groups (broad SMARTS) is 1. The highest BCUT2D eigenvalue weighted by Gasteiger charge is 2.25. The van der Waals surface area contributed by atoms with Crippen molar-refractivity contribution < 1.29 is 9.90 Å². The van der Waals surface area contributed by atoms with Gasteiger partial charge in [-0.25, -0.2) is 0 Å². The van der Waals surface area contributed by atoms with E-state index in [1.54, 1.807) is 12.4 Å². The molecular formula is C12H16N2O2. The van der Waals surface area contributed by atoms with E-state index in [1.165, 1.54) is 0 Å². The molecule has 0 aliphatic heterocycles. The molecule has 4 heteroatoms. The number of anilines is 1. The van der Waals surface area contributed by atoms with E-state index < -0.39 is 5.97 Å². The number of aromatic nitrogens is 1. The summed E-state index contributed by atoms with van der Waals surface area (Å²) in [4.78, 5) is 14.8. The molecule has 0 atom stereocenters. The highest BCUT2D eigenvalue weighted by atomic mass is 16.4. The van der Waals surface area contributed by atoms with Gasteiger partial charge in [0.15, 0.2) is 0 Å². The minimum Gasteiger partial charge on any atom is -0.481 e.